The summed E-state index contributed by atoms with van der Waals surface area (Å²) >= 11 is 0. The molecule has 1 heterocycles. The maximum absolute atomic E-state index is 5.87. The summed E-state index contributed by atoms with van der Waals surface area (Å²) in [5.41, 5.74) is 0. The van der Waals surface area contributed by atoms with E-state index in [0.29, 0.717) is 58.8 Å². The molecular formula is C18H38O5Si. The lowest BCUT2D eigenvalue weighted by Crippen LogP contribution is -2.36. The van der Waals surface area contributed by atoms with Crippen LogP contribution in [-0.4, -0.2) is 74.1 Å². The highest BCUT2D eigenvalue weighted by Gasteiger charge is 2.30. The zero-order chi connectivity index (χ0) is 17.5. The summed E-state index contributed by atoms with van der Waals surface area (Å²) in [7, 11) is -1.17. The Labute approximate surface area is 149 Å². The van der Waals surface area contributed by atoms with Crippen LogP contribution >= 0.6 is 0 Å². The van der Waals surface area contributed by atoms with E-state index < -0.39 is 8.07 Å². The number of rotatable bonds is 5. The third kappa shape index (κ3) is 9.49. The van der Waals surface area contributed by atoms with Gasteiger partial charge in [-0.15, -0.1) is 0 Å². The van der Waals surface area contributed by atoms with Crippen LogP contribution in [0.2, 0.25) is 24.2 Å². The molecule has 0 aromatic rings. The largest absolute Gasteiger partial charge is 0.379 e. The Kier molecular flexibility index (Phi) is 13.1. The van der Waals surface area contributed by atoms with Crippen LogP contribution in [-0.2, 0) is 23.7 Å². The number of ether oxygens (including phenoxy) is 5. The Bertz CT molecular complexity index is 262. The molecule has 1 fully saturated rings. The Morgan fingerprint density at radius 3 is 1.25 bits per heavy atom. The van der Waals surface area contributed by atoms with E-state index in [4.69, 9.17) is 23.7 Å². The molecule has 0 unspecified atom stereocenters. The number of hydrogen-bond donors (Lipinski definition) is 0. The van der Waals surface area contributed by atoms with Crippen molar-refractivity contribution in [2.24, 2.45) is 5.92 Å². The molecule has 0 spiro atoms. The third-order valence-electron chi connectivity index (χ3n) is 5.17. The minimum atomic E-state index is -1.17. The molecular weight excluding hydrogens is 324 g/mol. The fourth-order valence-electron chi connectivity index (χ4n) is 3.24. The molecule has 0 aliphatic carbocycles. The maximum atomic E-state index is 5.87. The van der Waals surface area contributed by atoms with Crippen molar-refractivity contribution in [1.29, 1.82) is 0 Å². The van der Waals surface area contributed by atoms with Crippen LogP contribution in [0.5, 0.6) is 0 Å². The average molecular weight is 363 g/mol. The molecule has 0 N–H and O–H groups in total. The molecule has 5 nitrogen and oxygen atoms in total. The van der Waals surface area contributed by atoms with Crippen molar-refractivity contribution < 1.29 is 23.7 Å². The van der Waals surface area contributed by atoms with Gasteiger partial charge in [-0.2, -0.15) is 0 Å². The van der Waals surface area contributed by atoms with Crippen molar-refractivity contribution in [3.63, 3.8) is 0 Å². The molecule has 0 aromatic carbocycles. The molecule has 0 aromatic heterocycles. The van der Waals surface area contributed by atoms with Crippen molar-refractivity contribution in [3.05, 3.63) is 0 Å². The van der Waals surface area contributed by atoms with Gasteiger partial charge in [0, 0.05) is 5.92 Å². The van der Waals surface area contributed by atoms with Crippen LogP contribution in [0.3, 0.4) is 0 Å². The van der Waals surface area contributed by atoms with E-state index in [1.54, 1.807) is 0 Å². The van der Waals surface area contributed by atoms with Gasteiger partial charge in [0.05, 0.1) is 74.1 Å². The Hall–Kier alpha value is 0.0169. The van der Waals surface area contributed by atoms with Gasteiger partial charge in [0.15, 0.2) is 0 Å². The van der Waals surface area contributed by atoms with Gasteiger partial charge in [-0.05, 0) is 6.04 Å². The van der Waals surface area contributed by atoms with Gasteiger partial charge in [-0.1, -0.05) is 38.9 Å². The minimum Gasteiger partial charge on any atom is -0.379 e. The highest BCUT2D eigenvalue weighted by Crippen LogP contribution is 2.29. The van der Waals surface area contributed by atoms with Crippen LogP contribution in [0.1, 0.15) is 20.8 Å². The summed E-state index contributed by atoms with van der Waals surface area (Å²) in [6, 6.07) is 5.35. The van der Waals surface area contributed by atoms with Crippen LogP contribution in [0, 0.1) is 5.92 Å². The summed E-state index contributed by atoms with van der Waals surface area (Å²) in [5.74, 6) is 0.493. The Balaban J connectivity index is 2.46. The van der Waals surface area contributed by atoms with Crippen molar-refractivity contribution in [1.82, 2.24) is 0 Å². The normalized spacial score (nSPS) is 21.6. The molecule has 1 rings (SSSR count). The second-order valence-corrected chi connectivity index (χ2v) is 12.1. The van der Waals surface area contributed by atoms with E-state index in [9.17, 15) is 0 Å². The van der Waals surface area contributed by atoms with E-state index in [-0.39, 0.29) is 0 Å². The molecule has 1 saturated heterocycles. The summed E-state index contributed by atoms with van der Waals surface area (Å²) < 4.78 is 28.2. The van der Waals surface area contributed by atoms with Crippen molar-refractivity contribution >= 4 is 8.07 Å². The zero-order valence-corrected chi connectivity index (χ0v) is 17.0. The predicted octanol–water partition coefficient (Wildman–Crippen LogP) is 3.21. The lowest BCUT2D eigenvalue weighted by molar-refractivity contribution is -0.0310. The van der Waals surface area contributed by atoms with E-state index in [1.165, 1.54) is 24.2 Å². The summed E-state index contributed by atoms with van der Waals surface area (Å²) in [5, 5.41) is 0. The van der Waals surface area contributed by atoms with Crippen LogP contribution in [0.4, 0.5) is 0 Å². The standard InChI is InChI=1S/C18H38O5Si/c1-4-24(5-2,6-3)17-18-15-22-13-11-20-9-7-19-8-10-21-12-14-23-16-18/h18H,4-17H2,1-3H3. The molecule has 0 bridgehead atoms. The average Bonchev–Trinajstić information content (AvgIpc) is 2.61. The van der Waals surface area contributed by atoms with Gasteiger partial charge < -0.3 is 23.7 Å². The zero-order valence-electron chi connectivity index (χ0n) is 16.0. The van der Waals surface area contributed by atoms with Gasteiger partial charge in [-0.25, -0.2) is 0 Å². The van der Waals surface area contributed by atoms with Crippen LogP contribution < -0.4 is 0 Å². The lowest BCUT2D eigenvalue weighted by atomic mass is 10.2. The fourth-order valence-corrected chi connectivity index (χ4v) is 7.07. The predicted molar refractivity (Wildman–Crippen MR) is 99.6 cm³/mol. The van der Waals surface area contributed by atoms with Gasteiger partial charge >= 0.3 is 0 Å². The molecule has 0 amide bonds. The quantitative estimate of drug-likeness (QED) is 0.703. The molecule has 0 saturated carbocycles. The molecule has 0 atom stereocenters. The van der Waals surface area contributed by atoms with E-state index in [1.807, 2.05) is 0 Å². The molecule has 1 aliphatic rings. The van der Waals surface area contributed by atoms with Crippen molar-refractivity contribution in [2.75, 3.05) is 66.1 Å². The molecule has 1 aliphatic heterocycles. The lowest BCUT2D eigenvalue weighted by Gasteiger charge is -2.32. The minimum absolute atomic E-state index is 0.493. The Morgan fingerprint density at radius 1 is 0.583 bits per heavy atom. The van der Waals surface area contributed by atoms with Gasteiger partial charge in [0.1, 0.15) is 0 Å². The molecule has 0 radical (unpaired) electrons. The van der Waals surface area contributed by atoms with E-state index >= 15 is 0 Å². The molecule has 24 heavy (non-hydrogen) atoms. The topological polar surface area (TPSA) is 46.2 Å². The first-order chi connectivity index (χ1) is 11.8. The van der Waals surface area contributed by atoms with Gasteiger partial charge in [0.2, 0.25) is 0 Å². The first-order valence-corrected chi connectivity index (χ1v) is 12.5. The van der Waals surface area contributed by atoms with Gasteiger partial charge in [0.25, 0.3) is 0 Å². The molecule has 6 heteroatoms. The van der Waals surface area contributed by atoms with E-state index in [0.717, 1.165) is 13.2 Å². The van der Waals surface area contributed by atoms with Crippen LogP contribution in [0.15, 0.2) is 0 Å². The first-order valence-electron chi connectivity index (χ1n) is 9.65. The van der Waals surface area contributed by atoms with Crippen LogP contribution in [0.25, 0.3) is 0 Å². The number of hydrogen-bond acceptors (Lipinski definition) is 5. The fraction of sp³-hybridized carbons (Fsp3) is 1.00. The second kappa shape index (κ2) is 14.2. The highest BCUT2D eigenvalue weighted by molar-refractivity contribution is 6.79. The summed E-state index contributed by atoms with van der Waals surface area (Å²) in [6.07, 6.45) is 0. The smallest absolute Gasteiger partial charge is 0.0701 e. The second-order valence-electron chi connectivity index (χ2n) is 6.62. The SMILES string of the molecule is CC[Si](CC)(CC)CC1COCCOCCOCCOCCOC1. The maximum Gasteiger partial charge on any atom is 0.0701 e. The van der Waals surface area contributed by atoms with Gasteiger partial charge in [-0.3, -0.25) is 0 Å². The highest BCUT2D eigenvalue weighted by atomic mass is 28.3. The van der Waals surface area contributed by atoms with Crippen molar-refractivity contribution in [2.45, 2.75) is 44.9 Å². The monoisotopic (exact) mass is 362 g/mol. The van der Waals surface area contributed by atoms with E-state index in [2.05, 4.69) is 20.8 Å². The summed E-state index contributed by atoms with van der Waals surface area (Å²) in [4.78, 5) is 0. The Morgan fingerprint density at radius 2 is 0.917 bits per heavy atom. The third-order valence-corrected chi connectivity index (χ3v) is 11.1. The van der Waals surface area contributed by atoms with Crippen molar-refractivity contribution in [3.8, 4) is 0 Å². The molecule has 144 valence electrons. The first kappa shape index (κ1) is 22.1. The summed E-state index contributed by atoms with van der Waals surface area (Å²) in [6.45, 7) is 13.7.